The van der Waals surface area contributed by atoms with E-state index in [1.54, 1.807) is 11.3 Å². The number of nitrogens with two attached hydrogens (primary N) is 1. The molecule has 0 spiro atoms. The summed E-state index contributed by atoms with van der Waals surface area (Å²) in [5.41, 5.74) is 8.11. The Hall–Kier alpha value is -1.54. The number of rotatable bonds is 4. The molecule has 5 heteroatoms. The zero-order valence-electron chi connectivity index (χ0n) is 10.6. The molecule has 0 aliphatic rings. The smallest absolute Gasteiger partial charge is 0.101 e. The molecule has 0 aliphatic heterocycles. The van der Waals surface area contributed by atoms with Crippen LogP contribution in [0.5, 0.6) is 0 Å². The Bertz CT molecular complexity index is 615. The molecule has 0 bridgehead atoms. The van der Waals surface area contributed by atoms with Gasteiger partial charge in [0, 0.05) is 18.5 Å². The second-order valence-electron chi connectivity index (χ2n) is 4.23. The van der Waals surface area contributed by atoms with Crippen LogP contribution in [0.2, 0.25) is 4.34 Å². The van der Waals surface area contributed by atoms with Crippen molar-refractivity contribution < 1.29 is 0 Å². The summed E-state index contributed by atoms with van der Waals surface area (Å²) < 4.78 is 0.780. The maximum Gasteiger partial charge on any atom is 0.101 e. The van der Waals surface area contributed by atoms with Gasteiger partial charge in [0.05, 0.1) is 22.1 Å². The first kappa shape index (κ1) is 13.9. The van der Waals surface area contributed by atoms with Crippen molar-refractivity contribution >= 4 is 28.6 Å². The number of nitrogens with zero attached hydrogens (tertiary/aromatic N) is 2. The average molecular weight is 292 g/mol. The molecule has 98 valence electrons. The fourth-order valence-corrected chi connectivity index (χ4v) is 3.03. The van der Waals surface area contributed by atoms with Crippen LogP contribution in [0.25, 0.3) is 0 Å². The Morgan fingerprint density at radius 3 is 2.74 bits per heavy atom. The van der Waals surface area contributed by atoms with E-state index in [-0.39, 0.29) is 0 Å². The van der Waals surface area contributed by atoms with Crippen molar-refractivity contribution in [1.82, 2.24) is 0 Å². The minimum absolute atomic E-state index is 0.444. The molecule has 1 aromatic heterocycles. The molecule has 0 saturated heterocycles. The molecule has 0 fully saturated rings. The Balaban J connectivity index is 2.23. The number of nitriles is 1. The van der Waals surface area contributed by atoms with E-state index in [1.165, 1.54) is 4.88 Å². The van der Waals surface area contributed by atoms with Gasteiger partial charge >= 0.3 is 0 Å². The van der Waals surface area contributed by atoms with Crippen LogP contribution >= 0.6 is 22.9 Å². The summed E-state index contributed by atoms with van der Waals surface area (Å²) in [5.74, 6) is 0. The van der Waals surface area contributed by atoms with Crippen LogP contribution < -0.4 is 10.6 Å². The lowest BCUT2D eigenvalue weighted by Crippen LogP contribution is -2.17. The van der Waals surface area contributed by atoms with Crippen LogP contribution in [0, 0.1) is 11.3 Å². The third-order valence-electron chi connectivity index (χ3n) is 2.85. The van der Waals surface area contributed by atoms with Crippen molar-refractivity contribution in [2.75, 3.05) is 11.9 Å². The summed E-state index contributed by atoms with van der Waals surface area (Å²) in [5, 5.41) is 9.22. The Labute approximate surface area is 121 Å². The third-order valence-corrected chi connectivity index (χ3v) is 4.07. The van der Waals surface area contributed by atoms with E-state index in [0.29, 0.717) is 12.1 Å². The summed E-state index contributed by atoms with van der Waals surface area (Å²) in [6.07, 6.45) is 0. The molecule has 1 heterocycles. The Morgan fingerprint density at radius 2 is 2.16 bits per heavy atom. The van der Waals surface area contributed by atoms with Crippen LogP contribution in [-0.4, -0.2) is 7.05 Å². The van der Waals surface area contributed by atoms with Gasteiger partial charge in [-0.3, -0.25) is 0 Å². The number of hydrogen-bond acceptors (Lipinski definition) is 4. The number of benzene rings is 1. The monoisotopic (exact) mass is 291 g/mol. The normalized spacial score (nSPS) is 10.2. The van der Waals surface area contributed by atoms with E-state index in [1.807, 2.05) is 42.3 Å². The van der Waals surface area contributed by atoms with E-state index in [9.17, 15) is 5.26 Å². The molecule has 0 radical (unpaired) electrons. The fourth-order valence-electron chi connectivity index (χ4n) is 1.89. The molecule has 0 aliphatic carbocycles. The summed E-state index contributed by atoms with van der Waals surface area (Å²) in [6.45, 7) is 1.17. The molecule has 0 atom stereocenters. The highest BCUT2D eigenvalue weighted by Gasteiger charge is 2.09. The lowest BCUT2D eigenvalue weighted by atomic mass is 10.1. The van der Waals surface area contributed by atoms with Crippen LogP contribution in [0.1, 0.15) is 16.0 Å². The van der Waals surface area contributed by atoms with Crippen molar-refractivity contribution in [3.63, 3.8) is 0 Å². The standard InChI is InChI=1S/C14H14ClN3S/c1-18(9-12-3-5-14(15)19-12)13-4-2-10(7-16)6-11(13)8-17/h2-6H,7,9,16H2,1H3. The van der Waals surface area contributed by atoms with Gasteiger partial charge in [0.15, 0.2) is 0 Å². The first-order chi connectivity index (χ1) is 9.13. The van der Waals surface area contributed by atoms with Crippen molar-refractivity contribution in [3.05, 3.63) is 50.7 Å². The molecule has 2 rings (SSSR count). The van der Waals surface area contributed by atoms with Gasteiger partial charge < -0.3 is 10.6 Å². The minimum Gasteiger partial charge on any atom is -0.368 e. The molecular weight excluding hydrogens is 278 g/mol. The molecule has 2 aromatic rings. The molecule has 19 heavy (non-hydrogen) atoms. The largest absolute Gasteiger partial charge is 0.368 e. The maximum atomic E-state index is 9.22. The lowest BCUT2D eigenvalue weighted by molar-refractivity contribution is 0.935. The van der Waals surface area contributed by atoms with Crippen LogP contribution in [0.15, 0.2) is 30.3 Å². The lowest BCUT2D eigenvalue weighted by Gasteiger charge is -2.20. The van der Waals surface area contributed by atoms with Crippen molar-refractivity contribution in [1.29, 1.82) is 5.26 Å². The number of halogens is 1. The van der Waals surface area contributed by atoms with Crippen molar-refractivity contribution in [2.24, 2.45) is 5.73 Å². The molecular formula is C14H14ClN3S. The zero-order chi connectivity index (χ0) is 13.8. The third kappa shape index (κ3) is 3.27. The van der Waals surface area contributed by atoms with Gasteiger partial charge in [-0.25, -0.2) is 0 Å². The summed E-state index contributed by atoms with van der Waals surface area (Å²) in [4.78, 5) is 3.21. The Kier molecular flexibility index (Phi) is 4.43. The second kappa shape index (κ2) is 6.07. The van der Waals surface area contributed by atoms with Gasteiger partial charge in [-0.1, -0.05) is 17.7 Å². The topological polar surface area (TPSA) is 53.0 Å². The molecule has 0 amide bonds. The zero-order valence-corrected chi connectivity index (χ0v) is 12.1. The molecule has 2 N–H and O–H groups in total. The second-order valence-corrected chi connectivity index (χ2v) is 6.03. The number of hydrogen-bond donors (Lipinski definition) is 1. The number of anilines is 1. The van der Waals surface area contributed by atoms with Gasteiger partial charge in [-0.15, -0.1) is 11.3 Å². The van der Waals surface area contributed by atoms with E-state index >= 15 is 0 Å². The maximum absolute atomic E-state index is 9.22. The van der Waals surface area contributed by atoms with Gasteiger partial charge in [-0.2, -0.15) is 5.26 Å². The van der Waals surface area contributed by atoms with Gasteiger partial charge in [0.2, 0.25) is 0 Å². The highest BCUT2D eigenvalue weighted by Crippen LogP contribution is 2.26. The predicted molar refractivity (Wildman–Crippen MR) is 80.5 cm³/mol. The van der Waals surface area contributed by atoms with Crippen molar-refractivity contribution in [2.45, 2.75) is 13.1 Å². The van der Waals surface area contributed by atoms with Crippen molar-refractivity contribution in [3.8, 4) is 6.07 Å². The summed E-state index contributed by atoms with van der Waals surface area (Å²) >= 11 is 7.47. The minimum atomic E-state index is 0.444. The fraction of sp³-hybridized carbons (Fsp3) is 0.214. The first-order valence-electron chi connectivity index (χ1n) is 5.82. The van der Waals surface area contributed by atoms with E-state index in [4.69, 9.17) is 17.3 Å². The van der Waals surface area contributed by atoms with Crippen LogP contribution in [0.3, 0.4) is 0 Å². The van der Waals surface area contributed by atoms with Crippen LogP contribution in [-0.2, 0) is 13.1 Å². The predicted octanol–water partition coefficient (Wildman–Crippen LogP) is 3.37. The highest BCUT2D eigenvalue weighted by atomic mass is 35.5. The SMILES string of the molecule is CN(Cc1ccc(Cl)s1)c1ccc(CN)cc1C#N. The molecule has 0 saturated carbocycles. The van der Waals surface area contributed by atoms with Gasteiger partial charge in [0.1, 0.15) is 6.07 Å². The summed E-state index contributed by atoms with van der Waals surface area (Å²) in [7, 11) is 1.96. The van der Waals surface area contributed by atoms with Crippen LogP contribution in [0.4, 0.5) is 5.69 Å². The molecule has 1 aromatic carbocycles. The first-order valence-corrected chi connectivity index (χ1v) is 7.02. The van der Waals surface area contributed by atoms with E-state index < -0.39 is 0 Å². The van der Waals surface area contributed by atoms with Gasteiger partial charge in [0.25, 0.3) is 0 Å². The molecule has 0 unspecified atom stereocenters. The average Bonchev–Trinajstić information content (AvgIpc) is 2.83. The molecule has 3 nitrogen and oxygen atoms in total. The highest BCUT2D eigenvalue weighted by molar-refractivity contribution is 7.16. The van der Waals surface area contributed by atoms with E-state index in [0.717, 1.165) is 22.1 Å². The quantitative estimate of drug-likeness (QED) is 0.939. The van der Waals surface area contributed by atoms with E-state index in [2.05, 4.69) is 6.07 Å². The summed E-state index contributed by atoms with van der Waals surface area (Å²) in [6, 6.07) is 11.8. The van der Waals surface area contributed by atoms with Gasteiger partial charge in [-0.05, 0) is 29.8 Å². The Morgan fingerprint density at radius 1 is 1.37 bits per heavy atom. The number of thiophene rings is 1.